The maximum atomic E-state index is 13.0. The van der Waals surface area contributed by atoms with E-state index in [9.17, 15) is 19.3 Å². The molecule has 0 aliphatic carbocycles. The second kappa shape index (κ2) is 6.38. The number of hydrogen-bond donors (Lipinski definition) is 0. The van der Waals surface area contributed by atoms with Crippen LogP contribution in [0.4, 0.5) is 16.0 Å². The second-order valence-electron chi connectivity index (χ2n) is 5.77. The van der Waals surface area contributed by atoms with E-state index in [0.717, 1.165) is 12.8 Å². The highest BCUT2D eigenvalue weighted by molar-refractivity contribution is 5.96. The average Bonchev–Trinajstić information content (AvgIpc) is 3.16. The summed E-state index contributed by atoms with van der Waals surface area (Å²) in [6, 6.07) is 5.26. The summed E-state index contributed by atoms with van der Waals surface area (Å²) in [4.78, 5) is 29.2. The van der Waals surface area contributed by atoms with E-state index in [0.29, 0.717) is 30.3 Å². The maximum Gasteiger partial charge on any atom is 0.406 e. The van der Waals surface area contributed by atoms with Crippen molar-refractivity contribution < 1.29 is 14.1 Å². The SMILES string of the molecule is Cc1nc([N+](=O)[O-])c(N2CCCC2)n1CC(=O)c1ccc(F)cc1. The quantitative estimate of drug-likeness (QED) is 0.478. The number of carbonyl (C=O) groups is 1. The first-order valence-corrected chi connectivity index (χ1v) is 7.72. The van der Waals surface area contributed by atoms with E-state index in [2.05, 4.69) is 4.98 Å². The van der Waals surface area contributed by atoms with Gasteiger partial charge in [-0.05, 0) is 47.0 Å². The molecule has 2 aromatic rings. The van der Waals surface area contributed by atoms with Gasteiger partial charge in [0, 0.05) is 25.6 Å². The minimum atomic E-state index is -0.514. The lowest BCUT2D eigenvalue weighted by molar-refractivity contribution is -0.388. The first-order chi connectivity index (χ1) is 11.5. The van der Waals surface area contributed by atoms with Crippen molar-refractivity contribution in [3.63, 3.8) is 0 Å². The van der Waals surface area contributed by atoms with Crippen LogP contribution in [-0.4, -0.2) is 33.3 Å². The van der Waals surface area contributed by atoms with Crippen molar-refractivity contribution in [1.82, 2.24) is 9.55 Å². The van der Waals surface area contributed by atoms with Gasteiger partial charge in [0.25, 0.3) is 0 Å². The number of halogens is 1. The van der Waals surface area contributed by atoms with Crippen LogP contribution in [0.5, 0.6) is 0 Å². The molecule has 1 aliphatic rings. The molecule has 1 saturated heterocycles. The summed E-state index contributed by atoms with van der Waals surface area (Å²) >= 11 is 0. The van der Waals surface area contributed by atoms with Gasteiger partial charge in [-0.2, -0.15) is 0 Å². The molecule has 1 aromatic heterocycles. The van der Waals surface area contributed by atoms with Gasteiger partial charge < -0.3 is 15.0 Å². The molecule has 0 amide bonds. The molecule has 0 radical (unpaired) electrons. The van der Waals surface area contributed by atoms with E-state index in [-0.39, 0.29) is 18.1 Å². The standard InChI is InChI=1S/C16H17FN4O3/c1-11-18-15(21(23)24)16(19-8-2-3-9-19)20(11)10-14(22)12-4-6-13(17)7-5-12/h4-7H,2-3,8-10H2,1H3. The number of Topliss-reactive ketones (excluding diaryl/α,β-unsaturated/α-hetero) is 1. The lowest BCUT2D eigenvalue weighted by Crippen LogP contribution is -2.24. The molecule has 1 aliphatic heterocycles. The number of imidazole rings is 1. The number of nitro groups is 1. The Balaban J connectivity index is 1.96. The zero-order chi connectivity index (χ0) is 17.3. The normalized spacial score (nSPS) is 14.2. The molecule has 7 nitrogen and oxygen atoms in total. The van der Waals surface area contributed by atoms with E-state index >= 15 is 0 Å². The van der Waals surface area contributed by atoms with Gasteiger partial charge in [-0.1, -0.05) is 0 Å². The molecule has 1 fully saturated rings. The molecule has 0 spiro atoms. The fraction of sp³-hybridized carbons (Fsp3) is 0.375. The molecule has 8 heteroatoms. The first kappa shape index (κ1) is 16.1. The van der Waals surface area contributed by atoms with E-state index < -0.39 is 10.7 Å². The Kier molecular flexibility index (Phi) is 4.28. The fourth-order valence-corrected chi connectivity index (χ4v) is 2.96. The average molecular weight is 332 g/mol. The van der Waals surface area contributed by atoms with Crippen molar-refractivity contribution in [3.8, 4) is 0 Å². The van der Waals surface area contributed by atoms with Crippen LogP contribution in [0.3, 0.4) is 0 Å². The number of ketones is 1. The molecular weight excluding hydrogens is 315 g/mol. The van der Waals surface area contributed by atoms with Gasteiger partial charge in [-0.15, -0.1) is 0 Å². The lowest BCUT2D eigenvalue weighted by atomic mass is 10.1. The van der Waals surface area contributed by atoms with E-state index in [1.165, 1.54) is 24.3 Å². The number of hydrogen-bond acceptors (Lipinski definition) is 5. The molecule has 0 N–H and O–H groups in total. The number of rotatable bonds is 5. The first-order valence-electron chi connectivity index (χ1n) is 7.72. The van der Waals surface area contributed by atoms with Crippen molar-refractivity contribution in [1.29, 1.82) is 0 Å². The molecule has 0 unspecified atom stereocenters. The largest absolute Gasteiger partial charge is 0.406 e. The van der Waals surface area contributed by atoms with Gasteiger partial charge in [0.1, 0.15) is 5.82 Å². The number of carbonyl (C=O) groups excluding carboxylic acids is 1. The highest BCUT2D eigenvalue weighted by Crippen LogP contribution is 2.31. The molecule has 0 saturated carbocycles. The number of aryl methyl sites for hydroxylation is 1. The van der Waals surface area contributed by atoms with Crippen molar-refractivity contribution in [2.45, 2.75) is 26.3 Å². The molecular formula is C16H17FN4O3. The Morgan fingerprint density at radius 3 is 2.50 bits per heavy atom. The molecule has 126 valence electrons. The molecule has 3 rings (SSSR count). The van der Waals surface area contributed by atoms with Gasteiger partial charge in [0.15, 0.2) is 5.78 Å². The molecule has 24 heavy (non-hydrogen) atoms. The molecule has 2 heterocycles. The number of aromatic nitrogens is 2. The van der Waals surface area contributed by atoms with Gasteiger partial charge in [0.05, 0.1) is 6.54 Å². The van der Waals surface area contributed by atoms with Crippen molar-refractivity contribution >= 4 is 17.4 Å². The monoisotopic (exact) mass is 332 g/mol. The lowest BCUT2D eigenvalue weighted by Gasteiger charge is -2.18. The van der Waals surface area contributed by atoms with Gasteiger partial charge in [0.2, 0.25) is 11.6 Å². The van der Waals surface area contributed by atoms with Crippen LogP contribution < -0.4 is 4.90 Å². The summed E-state index contributed by atoms with van der Waals surface area (Å²) in [6.07, 6.45) is 1.90. The Labute approximate surface area is 137 Å². The van der Waals surface area contributed by atoms with E-state index in [1.807, 2.05) is 4.90 Å². The third-order valence-electron chi connectivity index (χ3n) is 4.16. The third kappa shape index (κ3) is 2.99. The third-order valence-corrected chi connectivity index (χ3v) is 4.16. The molecule has 1 aromatic carbocycles. The number of anilines is 1. The Hall–Kier alpha value is -2.77. The topological polar surface area (TPSA) is 81.3 Å². The second-order valence-corrected chi connectivity index (χ2v) is 5.77. The predicted molar refractivity (Wildman–Crippen MR) is 85.8 cm³/mol. The summed E-state index contributed by atoms with van der Waals surface area (Å²) in [6.45, 7) is 2.99. The number of nitrogens with zero attached hydrogens (tertiary/aromatic N) is 4. The van der Waals surface area contributed by atoms with Crippen LogP contribution in [-0.2, 0) is 6.54 Å². The summed E-state index contributed by atoms with van der Waals surface area (Å²) in [5.74, 6) is -0.0876. The Morgan fingerprint density at radius 1 is 1.29 bits per heavy atom. The van der Waals surface area contributed by atoms with Crippen LogP contribution in [0, 0.1) is 22.9 Å². The highest BCUT2D eigenvalue weighted by Gasteiger charge is 2.32. The minimum Gasteiger partial charge on any atom is -0.358 e. The predicted octanol–water partition coefficient (Wildman–Crippen LogP) is 2.72. The van der Waals surface area contributed by atoms with Crippen LogP contribution in [0.15, 0.2) is 24.3 Å². The molecule has 0 bridgehead atoms. The van der Waals surface area contributed by atoms with E-state index in [1.54, 1.807) is 11.5 Å². The summed E-state index contributed by atoms with van der Waals surface area (Å²) in [5, 5.41) is 11.3. The smallest absolute Gasteiger partial charge is 0.358 e. The highest BCUT2D eigenvalue weighted by atomic mass is 19.1. The molecule has 0 atom stereocenters. The van der Waals surface area contributed by atoms with Crippen LogP contribution in [0.1, 0.15) is 29.0 Å². The number of benzene rings is 1. The zero-order valence-corrected chi connectivity index (χ0v) is 13.2. The fourth-order valence-electron chi connectivity index (χ4n) is 2.96. The maximum absolute atomic E-state index is 13.0. The summed E-state index contributed by atoms with van der Waals surface area (Å²) in [5.41, 5.74) is 0.361. The van der Waals surface area contributed by atoms with Crippen LogP contribution in [0.25, 0.3) is 0 Å². The Bertz CT molecular complexity index is 779. The van der Waals surface area contributed by atoms with Crippen LogP contribution >= 0.6 is 0 Å². The summed E-state index contributed by atoms with van der Waals surface area (Å²) < 4.78 is 14.6. The minimum absolute atomic E-state index is 0.0653. The van der Waals surface area contributed by atoms with Crippen molar-refractivity contribution in [2.24, 2.45) is 0 Å². The van der Waals surface area contributed by atoms with Gasteiger partial charge in [-0.3, -0.25) is 9.36 Å². The van der Waals surface area contributed by atoms with E-state index in [4.69, 9.17) is 0 Å². The van der Waals surface area contributed by atoms with Gasteiger partial charge >= 0.3 is 5.82 Å². The Morgan fingerprint density at radius 2 is 1.92 bits per heavy atom. The zero-order valence-electron chi connectivity index (χ0n) is 13.2. The van der Waals surface area contributed by atoms with Crippen molar-refractivity contribution in [3.05, 3.63) is 51.6 Å². The van der Waals surface area contributed by atoms with Crippen LogP contribution in [0.2, 0.25) is 0 Å². The summed E-state index contributed by atoms with van der Waals surface area (Å²) in [7, 11) is 0. The van der Waals surface area contributed by atoms with Gasteiger partial charge in [-0.25, -0.2) is 4.39 Å². The van der Waals surface area contributed by atoms with Crippen molar-refractivity contribution in [2.75, 3.05) is 18.0 Å².